The van der Waals surface area contributed by atoms with Crippen LogP contribution in [-0.4, -0.2) is 35.7 Å². The summed E-state index contributed by atoms with van der Waals surface area (Å²) in [7, 11) is 0. The van der Waals surface area contributed by atoms with E-state index >= 15 is 0 Å². The van der Waals surface area contributed by atoms with Crippen LogP contribution in [-0.2, 0) is 11.2 Å². The quantitative estimate of drug-likeness (QED) is 0.463. The lowest BCUT2D eigenvalue weighted by atomic mass is 9.98. The van der Waals surface area contributed by atoms with Crippen LogP contribution in [0.2, 0.25) is 0 Å². The maximum Gasteiger partial charge on any atom is 0.269 e. The summed E-state index contributed by atoms with van der Waals surface area (Å²) in [6, 6.07) is 6.73. The standard InChI is InChI=1S/C14H18N2O3/c17-11-13-6-9-15(10-7-13)8-5-12-1-3-14(4-2-12)16(18)19/h1-4,11,13H,5-10H2. The van der Waals surface area contributed by atoms with Gasteiger partial charge < -0.3 is 9.69 Å². The second-order valence-corrected chi connectivity index (χ2v) is 4.99. The average Bonchev–Trinajstić information content (AvgIpc) is 2.46. The number of hydrogen-bond acceptors (Lipinski definition) is 4. The number of carbonyl (C=O) groups is 1. The first kappa shape index (κ1) is 13.7. The summed E-state index contributed by atoms with van der Waals surface area (Å²) < 4.78 is 0. The topological polar surface area (TPSA) is 63.5 Å². The first-order chi connectivity index (χ1) is 9.19. The number of nitrogens with zero attached hydrogens (tertiary/aromatic N) is 2. The van der Waals surface area contributed by atoms with E-state index in [2.05, 4.69) is 4.90 Å². The lowest BCUT2D eigenvalue weighted by molar-refractivity contribution is -0.384. The number of hydrogen-bond donors (Lipinski definition) is 0. The molecule has 19 heavy (non-hydrogen) atoms. The Balaban J connectivity index is 1.79. The van der Waals surface area contributed by atoms with Gasteiger partial charge in [-0.15, -0.1) is 0 Å². The normalized spacial score (nSPS) is 17.3. The van der Waals surface area contributed by atoms with E-state index in [0.717, 1.165) is 50.7 Å². The molecule has 0 atom stereocenters. The molecule has 0 amide bonds. The second-order valence-electron chi connectivity index (χ2n) is 4.99. The maximum absolute atomic E-state index is 10.7. The summed E-state index contributed by atoms with van der Waals surface area (Å²) in [6.07, 6.45) is 3.85. The summed E-state index contributed by atoms with van der Waals surface area (Å²) in [6.45, 7) is 2.89. The van der Waals surface area contributed by atoms with Crippen LogP contribution in [0.3, 0.4) is 0 Å². The Hall–Kier alpha value is -1.75. The second kappa shape index (κ2) is 6.43. The van der Waals surface area contributed by atoms with Crippen molar-refractivity contribution in [2.75, 3.05) is 19.6 Å². The fraction of sp³-hybridized carbons (Fsp3) is 0.500. The molecule has 0 saturated carbocycles. The predicted molar refractivity (Wildman–Crippen MR) is 72.0 cm³/mol. The molecule has 1 fully saturated rings. The van der Waals surface area contributed by atoms with Gasteiger partial charge in [0.15, 0.2) is 0 Å². The SMILES string of the molecule is O=CC1CCN(CCc2ccc([N+](=O)[O-])cc2)CC1. The van der Waals surface area contributed by atoms with Gasteiger partial charge in [0.1, 0.15) is 6.29 Å². The fourth-order valence-electron chi connectivity index (χ4n) is 2.38. The van der Waals surface area contributed by atoms with E-state index in [1.54, 1.807) is 12.1 Å². The molecule has 1 aromatic rings. The van der Waals surface area contributed by atoms with E-state index in [1.807, 2.05) is 12.1 Å². The van der Waals surface area contributed by atoms with Crippen molar-refractivity contribution >= 4 is 12.0 Å². The number of likely N-dealkylation sites (tertiary alicyclic amines) is 1. The molecular formula is C14H18N2O3. The van der Waals surface area contributed by atoms with Crippen LogP contribution in [0.25, 0.3) is 0 Å². The number of nitro groups is 1. The van der Waals surface area contributed by atoms with Gasteiger partial charge in [-0.05, 0) is 37.9 Å². The number of nitro benzene ring substituents is 1. The van der Waals surface area contributed by atoms with E-state index in [0.29, 0.717) is 0 Å². The minimum atomic E-state index is -0.381. The van der Waals surface area contributed by atoms with Gasteiger partial charge in [-0.25, -0.2) is 0 Å². The zero-order valence-corrected chi connectivity index (χ0v) is 10.8. The molecule has 0 aliphatic carbocycles. The molecule has 102 valence electrons. The van der Waals surface area contributed by atoms with E-state index in [9.17, 15) is 14.9 Å². The Morgan fingerprint density at radius 3 is 2.42 bits per heavy atom. The van der Waals surface area contributed by atoms with E-state index in [-0.39, 0.29) is 16.5 Å². The molecule has 5 heteroatoms. The van der Waals surface area contributed by atoms with Crippen LogP contribution in [0, 0.1) is 16.0 Å². The summed E-state index contributed by atoms with van der Waals surface area (Å²) in [5.41, 5.74) is 1.25. The highest BCUT2D eigenvalue weighted by Gasteiger charge is 2.18. The summed E-state index contributed by atoms with van der Waals surface area (Å²) >= 11 is 0. The van der Waals surface area contributed by atoms with Crippen molar-refractivity contribution in [2.45, 2.75) is 19.3 Å². The van der Waals surface area contributed by atoms with Gasteiger partial charge in [-0.3, -0.25) is 10.1 Å². The number of non-ortho nitro benzene ring substituents is 1. The monoisotopic (exact) mass is 262 g/mol. The first-order valence-corrected chi connectivity index (χ1v) is 6.60. The summed E-state index contributed by atoms with van der Waals surface area (Å²) in [5, 5.41) is 10.5. The molecule has 0 aromatic heterocycles. The molecule has 1 heterocycles. The third-order valence-corrected chi connectivity index (χ3v) is 3.69. The molecule has 0 bridgehead atoms. The smallest absolute Gasteiger partial charge is 0.269 e. The van der Waals surface area contributed by atoms with Gasteiger partial charge >= 0.3 is 0 Å². The Bertz CT molecular complexity index is 437. The van der Waals surface area contributed by atoms with Crippen molar-refractivity contribution in [3.63, 3.8) is 0 Å². The van der Waals surface area contributed by atoms with Crippen molar-refractivity contribution in [1.82, 2.24) is 4.90 Å². The Morgan fingerprint density at radius 2 is 1.89 bits per heavy atom. The van der Waals surface area contributed by atoms with Crippen LogP contribution in [0.15, 0.2) is 24.3 Å². The third kappa shape index (κ3) is 3.86. The molecule has 2 rings (SSSR count). The molecule has 1 aliphatic rings. The number of piperidine rings is 1. The molecule has 0 radical (unpaired) electrons. The Labute approximate surface area is 112 Å². The van der Waals surface area contributed by atoms with Crippen molar-refractivity contribution in [1.29, 1.82) is 0 Å². The highest BCUT2D eigenvalue weighted by molar-refractivity contribution is 5.53. The maximum atomic E-state index is 10.7. The first-order valence-electron chi connectivity index (χ1n) is 6.60. The molecule has 5 nitrogen and oxygen atoms in total. The van der Waals surface area contributed by atoms with Crippen LogP contribution >= 0.6 is 0 Å². The van der Waals surface area contributed by atoms with Gasteiger partial charge in [0, 0.05) is 24.6 Å². The van der Waals surface area contributed by atoms with Crippen molar-refractivity contribution in [3.05, 3.63) is 39.9 Å². The molecule has 1 saturated heterocycles. The van der Waals surface area contributed by atoms with Crippen LogP contribution in [0.1, 0.15) is 18.4 Å². The zero-order chi connectivity index (χ0) is 13.7. The molecule has 0 N–H and O–H groups in total. The lowest BCUT2D eigenvalue weighted by Gasteiger charge is -2.29. The van der Waals surface area contributed by atoms with Gasteiger partial charge in [0.05, 0.1) is 4.92 Å². The molecular weight excluding hydrogens is 244 g/mol. The van der Waals surface area contributed by atoms with Crippen LogP contribution in [0.5, 0.6) is 0 Å². The minimum absolute atomic E-state index is 0.135. The molecule has 1 aromatic carbocycles. The minimum Gasteiger partial charge on any atom is -0.303 e. The van der Waals surface area contributed by atoms with E-state index in [1.165, 1.54) is 0 Å². The van der Waals surface area contributed by atoms with Crippen molar-refractivity contribution in [2.24, 2.45) is 5.92 Å². The number of carbonyl (C=O) groups excluding carboxylic acids is 1. The summed E-state index contributed by atoms with van der Waals surface area (Å²) in [4.78, 5) is 23.2. The number of benzene rings is 1. The predicted octanol–water partition coefficient (Wildman–Crippen LogP) is 2.05. The number of aldehydes is 1. The summed E-state index contributed by atoms with van der Waals surface area (Å²) in [5.74, 6) is 0.232. The van der Waals surface area contributed by atoms with E-state index < -0.39 is 0 Å². The molecule has 0 unspecified atom stereocenters. The molecule has 1 aliphatic heterocycles. The highest BCUT2D eigenvalue weighted by Crippen LogP contribution is 2.16. The Kier molecular flexibility index (Phi) is 4.63. The van der Waals surface area contributed by atoms with Gasteiger partial charge in [-0.2, -0.15) is 0 Å². The third-order valence-electron chi connectivity index (χ3n) is 3.69. The zero-order valence-electron chi connectivity index (χ0n) is 10.8. The van der Waals surface area contributed by atoms with Gasteiger partial charge in [-0.1, -0.05) is 12.1 Å². The fourth-order valence-corrected chi connectivity index (χ4v) is 2.38. The lowest BCUT2D eigenvalue weighted by Crippen LogP contribution is -2.35. The van der Waals surface area contributed by atoms with Crippen molar-refractivity contribution < 1.29 is 9.72 Å². The average molecular weight is 262 g/mol. The largest absolute Gasteiger partial charge is 0.303 e. The number of rotatable bonds is 5. The highest BCUT2D eigenvalue weighted by atomic mass is 16.6. The van der Waals surface area contributed by atoms with Gasteiger partial charge in [0.25, 0.3) is 5.69 Å². The molecule has 0 spiro atoms. The van der Waals surface area contributed by atoms with Crippen molar-refractivity contribution in [3.8, 4) is 0 Å². The van der Waals surface area contributed by atoms with Gasteiger partial charge in [0.2, 0.25) is 0 Å². The van der Waals surface area contributed by atoms with Crippen LogP contribution in [0.4, 0.5) is 5.69 Å². The Morgan fingerprint density at radius 1 is 1.26 bits per heavy atom. The van der Waals surface area contributed by atoms with Crippen LogP contribution < -0.4 is 0 Å². The van der Waals surface area contributed by atoms with E-state index in [4.69, 9.17) is 0 Å².